The van der Waals surface area contributed by atoms with Crippen LogP contribution in [-0.2, 0) is 21.4 Å². The summed E-state index contributed by atoms with van der Waals surface area (Å²) in [5.41, 5.74) is -1.08. The lowest BCUT2D eigenvalue weighted by Crippen LogP contribution is -2.42. The number of carboxylic acids is 3. The maximum Gasteiger partial charge on any atom is 0.410 e. The number of aryl methyl sites for hydroxylation is 2. The van der Waals surface area contributed by atoms with Crippen LogP contribution in [0.25, 0.3) is 0 Å². The third kappa shape index (κ3) is 7.18. The van der Waals surface area contributed by atoms with Gasteiger partial charge in [-0.2, -0.15) is 23.4 Å². The lowest BCUT2D eigenvalue weighted by molar-refractivity contribution is -0.173. The molecule has 232 valence electrons. The van der Waals surface area contributed by atoms with Gasteiger partial charge in [0, 0.05) is 31.9 Å². The summed E-state index contributed by atoms with van der Waals surface area (Å²) >= 11 is 0. The number of carbonyl (C=O) groups excluding carboxylic acids is 1. The number of aliphatic hydroxyl groups is 1. The van der Waals surface area contributed by atoms with Crippen LogP contribution in [0.5, 0.6) is 0 Å². The van der Waals surface area contributed by atoms with Crippen molar-refractivity contribution in [2.75, 3.05) is 11.9 Å². The number of hydrogen-bond acceptors (Lipinski definition) is 8. The van der Waals surface area contributed by atoms with Gasteiger partial charge in [0.2, 0.25) is 0 Å². The lowest BCUT2D eigenvalue weighted by Gasteiger charge is -2.32. The van der Waals surface area contributed by atoms with Gasteiger partial charge in [0.1, 0.15) is 5.82 Å². The summed E-state index contributed by atoms with van der Waals surface area (Å²) < 4.78 is 43.5. The van der Waals surface area contributed by atoms with E-state index in [2.05, 4.69) is 15.5 Å². The van der Waals surface area contributed by atoms with Crippen LogP contribution >= 0.6 is 0 Å². The van der Waals surface area contributed by atoms with Crippen LogP contribution in [0.1, 0.15) is 79.3 Å². The highest BCUT2D eigenvalue weighted by atomic mass is 19.4. The van der Waals surface area contributed by atoms with Crippen LogP contribution in [0.3, 0.4) is 0 Å². The molecule has 2 aromatic heterocycles. The smallest absolute Gasteiger partial charge is 0.410 e. The highest BCUT2D eigenvalue weighted by Gasteiger charge is 2.47. The number of alkyl halides is 3. The van der Waals surface area contributed by atoms with E-state index >= 15 is 0 Å². The Bertz CT molecular complexity index is 1320. The van der Waals surface area contributed by atoms with Gasteiger partial charge in [-0.3, -0.25) is 19.1 Å². The number of anilines is 1. The van der Waals surface area contributed by atoms with Crippen molar-refractivity contribution in [1.29, 1.82) is 0 Å². The second-order valence-electron chi connectivity index (χ2n) is 10.4. The van der Waals surface area contributed by atoms with Crippen LogP contribution in [0.4, 0.5) is 19.0 Å². The molecule has 1 fully saturated rings. The summed E-state index contributed by atoms with van der Waals surface area (Å²) in [4.78, 5) is 45.3. The Hall–Kier alpha value is -4.15. The molecular formula is C25H33F3N6O8. The van der Waals surface area contributed by atoms with Gasteiger partial charge in [0.25, 0.3) is 5.91 Å². The number of rotatable bonds is 8. The zero-order chi connectivity index (χ0) is 31.6. The van der Waals surface area contributed by atoms with Crippen molar-refractivity contribution in [3.63, 3.8) is 0 Å². The minimum absolute atomic E-state index is 0.0453. The number of likely N-dealkylation sites (tertiary alicyclic amines) is 1. The third-order valence-electron chi connectivity index (χ3n) is 7.16. The van der Waals surface area contributed by atoms with E-state index in [4.69, 9.17) is 20.4 Å². The van der Waals surface area contributed by atoms with Gasteiger partial charge >= 0.3 is 24.1 Å². The van der Waals surface area contributed by atoms with Gasteiger partial charge in [-0.1, -0.05) is 6.92 Å². The molecule has 2 aliphatic heterocycles. The van der Waals surface area contributed by atoms with E-state index in [9.17, 15) is 32.3 Å². The number of fused-ring (bicyclic) bond motifs is 1. The first-order chi connectivity index (χ1) is 19.5. The molecule has 5 N–H and O–H groups in total. The maximum absolute atomic E-state index is 13.6. The zero-order valence-corrected chi connectivity index (χ0v) is 23.1. The minimum atomic E-state index is -4.37. The van der Waals surface area contributed by atoms with Crippen LogP contribution < -0.4 is 5.32 Å². The molecule has 0 bridgehead atoms. The molecule has 1 amide bonds. The topological polar surface area (TPSA) is 200 Å². The third-order valence-corrected chi connectivity index (χ3v) is 7.16. The molecule has 0 aromatic carbocycles. The molecule has 1 unspecified atom stereocenters. The summed E-state index contributed by atoms with van der Waals surface area (Å²) in [7, 11) is 1.75. The van der Waals surface area contributed by atoms with E-state index in [0.29, 0.717) is 42.2 Å². The monoisotopic (exact) mass is 602 g/mol. The normalized spacial score (nSPS) is 20.3. The van der Waals surface area contributed by atoms with Gasteiger partial charge in [-0.25, -0.2) is 9.48 Å². The number of aromatic nitrogens is 4. The molecule has 2 aliphatic rings. The molecule has 0 saturated carbocycles. The predicted octanol–water partition coefficient (Wildman–Crippen LogP) is 2.35. The van der Waals surface area contributed by atoms with Crippen molar-refractivity contribution in [2.24, 2.45) is 7.05 Å². The van der Waals surface area contributed by atoms with Gasteiger partial charge in [0.05, 0.1) is 35.8 Å². The molecule has 1 saturated heterocycles. The fourth-order valence-electron chi connectivity index (χ4n) is 5.10. The highest BCUT2D eigenvalue weighted by Crippen LogP contribution is 2.42. The van der Waals surface area contributed by atoms with Crippen LogP contribution in [0.15, 0.2) is 12.3 Å². The number of carboxylic acid groups (broad SMARTS) is 3. The molecular weight excluding hydrogens is 569 g/mol. The fraction of sp³-hybridized carbons (Fsp3) is 0.600. The molecule has 14 nitrogen and oxygen atoms in total. The summed E-state index contributed by atoms with van der Waals surface area (Å²) in [6.45, 7) is 4.19. The quantitative estimate of drug-likeness (QED) is 0.297. The average Bonchev–Trinajstić information content (AvgIpc) is 3.59. The van der Waals surface area contributed by atoms with E-state index in [1.54, 1.807) is 35.8 Å². The van der Waals surface area contributed by atoms with Gasteiger partial charge in [-0.05, 0) is 32.6 Å². The van der Waals surface area contributed by atoms with Crippen molar-refractivity contribution >= 4 is 29.6 Å². The predicted molar refractivity (Wildman–Crippen MR) is 138 cm³/mol. The maximum atomic E-state index is 13.6. The number of amides is 1. The van der Waals surface area contributed by atoms with Crippen molar-refractivity contribution in [3.8, 4) is 0 Å². The highest BCUT2D eigenvalue weighted by molar-refractivity contribution is 5.95. The Balaban J connectivity index is 0.000000316. The molecule has 4 rings (SSSR count). The summed E-state index contributed by atoms with van der Waals surface area (Å²) in [6.07, 6.45) is -2.97. The first kappa shape index (κ1) is 32.4. The molecule has 4 heterocycles. The second-order valence-corrected chi connectivity index (χ2v) is 10.4. The summed E-state index contributed by atoms with van der Waals surface area (Å²) in [6, 6.07) is -0.565. The van der Waals surface area contributed by atoms with E-state index in [0.717, 1.165) is 11.1 Å². The molecule has 0 aliphatic carbocycles. The van der Waals surface area contributed by atoms with E-state index < -0.39 is 48.6 Å². The SMILES string of the molecule is CC[C@@H]1C[C@H](C(F)(F)F)n2nc(C3CCCN3C(=O)c3cn(C)nc3C)cc2N1.O=C(O)CC(O)(CC(=O)O)C(=O)O. The van der Waals surface area contributed by atoms with E-state index in [1.165, 1.54) is 0 Å². The molecule has 2 aromatic rings. The zero-order valence-electron chi connectivity index (χ0n) is 23.1. The molecule has 42 heavy (non-hydrogen) atoms. The Labute approximate surface area is 237 Å². The number of hydrogen-bond donors (Lipinski definition) is 5. The minimum Gasteiger partial charge on any atom is -0.481 e. The van der Waals surface area contributed by atoms with Crippen LogP contribution in [-0.4, -0.2) is 93.1 Å². The molecule has 0 spiro atoms. The number of halogens is 3. The first-order valence-corrected chi connectivity index (χ1v) is 13.1. The van der Waals surface area contributed by atoms with Gasteiger partial charge < -0.3 is 30.6 Å². The average molecular weight is 603 g/mol. The van der Waals surface area contributed by atoms with Crippen LogP contribution in [0, 0.1) is 6.92 Å². The number of carbonyl (C=O) groups is 4. The lowest BCUT2D eigenvalue weighted by atomic mass is 9.96. The largest absolute Gasteiger partial charge is 0.481 e. The van der Waals surface area contributed by atoms with E-state index in [1.807, 2.05) is 6.92 Å². The standard InChI is InChI=1S/C19H25F3N6O.C6H8O7/c1-4-12-8-16(19(20,21)22)28-17(23-12)9-14(25-28)15-6-5-7-27(15)18(29)13-10-26(3)24-11(13)2;7-3(8)1-6(13,5(11)12)2-4(9)10/h9-10,12,15-16,23H,4-8H2,1-3H3;13H,1-2H2,(H,7,8)(H,9,10)(H,11,12)/t12-,15?,16-;/m1./s1. The van der Waals surface area contributed by atoms with E-state index in [-0.39, 0.29) is 24.4 Å². The van der Waals surface area contributed by atoms with Crippen molar-refractivity contribution in [2.45, 2.75) is 82.3 Å². The Kier molecular flexibility index (Phi) is 9.54. The molecule has 17 heteroatoms. The summed E-state index contributed by atoms with van der Waals surface area (Å²) in [5.74, 6) is -4.80. The number of nitrogens with one attached hydrogen (secondary N) is 1. The number of nitrogens with zero attached hydrogens (tertiary/aromatic N) is 5. The Morgan fingerprint density at radius 1 is 1.10 bits per heavy atom. The summed E-state index contributed by atoms with van der Waals surface area (Å²) in [5, 5.41) is 45.5. The molecule has 0 radical (unpaired) electrons. The Morgan fingerprint density at radius 3 is 2.19 bits per heavy atom. The van der Waals surface area contributed by atoms with Gasteiger partial charge in [-0.15, -0.1) is 0 Å². The fourth-order valence-corrected chi connectivity index (χ4v) is 5.10. The Morgan fingerprint density at radius 2 is 1.71 bits per heavy atom. The van der Waals surface area contributed by atoms with Crippen molar-refractivity contribution < 1.29 is 52.8 Å². The first-order valence-electron chi connectivity index (χ1n) is 13.1. The number of aliphatic carboxylic acids is 3. The van der Waals surface area contributed by atoms with Crippen LogP contribution in [0.2, 0.25) is 0 Å². The van der Waals surface area contributed by atoms with Gasteiger partial charge in [0.15, 0.2) is 11.6 Å². The second kappa shape index (κ2) is 12.4. The molecule has 3 atom stereocenters. The van der Waals surface area contributed by atoms with Crippen molar-refractivity contribution in [1.82, 2.24) is 24.5 Å². The van der Waals surface area contributed by atoms with Crippen molar-refractivity contribution in [3.05, 3.63) is 29.2 Å².